The normalized spacial score (nSPS) is 10.3. The lowest BCUT2D eigenvalue weighted by Gasteiger charge is -2.05. The van der Waals surface area contributed by atoms with Gasteiger partial charge in [0, 0.05) is 38.9 Å². The Hall–Kier alpha value is -0.260. The van der Waals surface area contributed by atoms with Crippen LogP contribution in [0, 0.1) is 0 Å². The molecule has 90 valence electrons. The van der Waals surface area contributed by atoms with E-state index >= 15 is 0 Å². The molecule has 0 saturated carbocycles. The van der Waals surface area contributed by atoms with Crippen molar-refractivity contribution in [1.82, 2.24) is 10.6 Å². The number of ether oxygens (including phenoxy) is 1. The standard InChI is InChI=1S/C10H22N2O2S/c1-3-15-9-7-11-5-4-10(13)12-6-8-14-2/h11H,3-9H2,1-2H3,(H,12,13). The van der Waals surface area contributed by atoms with E-state index in [1.807, 2.05) is 11.8 Å². The van der Waals surface area contributed by atoms with Crippen LogP contribution in [0.1, 0.15) is 13.3 Å². The predicted octanol–water partition coefficient (Wildman–Crippen LogP) is 0.482. The average molecular weight is 234 g/mol. The fourth-order valence-corrected chi connectivity index (χ4v) is 1.57. The summed E-state index contributed by atoms with van der Waals surface area (Å²) in [6, 6.07) is 0. The molecule has 0 saturated heterocycles. The number of hydrogen-bond acceptors (Lipinski definition) is 4. The maximum Gasteiger partial charge on any atom is 0.221 e. The summed E-state index contributed by atoms with van der Waals surface area (Å²) in [5, 5.41) is 6.01. The third kappa shape index (κ3) is 11.7. The minimum Gasteiger partial charge on any atom is -0.383 e. The smallest absolute Gasteiger partial charge is 0.221 e. The van der Waals surface area contributed by atoms with Crippen LogP contribution in [-0.2, 0) is 9.53 Å². The Morgan fingerprint density at radius 3 is 2.80 bits per heavy atom. The zero-order valence-corrected chi connectivity index (χ0v) is 10.5. The van der Waals surface area contributed by atoms with Gasteiger partial charge in [0.1, 0.15) is 0 Å². The zero-order valence-electron chi connectivity index (χ0n) is 9.67. The van der Waals surface area contributed by atoms with Crippen molar-refractivity contribution in [2.45, 2.75) is 13.3 Å². The van der Waals surface area contributed by atoms with Crippen LogP contribution in [0.15, 0.2) is 0 Å². The summed E-state index contributed by atoms with van der Waals surface area (Å²) < 4.78 is 4.83. The number of hydrogen-bond donors (Lipinski definition) is 2. The van der Waals surface area contributed by atoms with Crippen molar-refractivity contribution in [3.05, 3.63) is 0 Å². The first-order chi connectivity index (χ1) is 7.31. The Bertz CT molecular complexity index is 156. The molecule has 0 rings (SSSR count). The molecule has 0 radical (unpaired) electrons. The van der Waals surface area contributed by atoms with Crippen LogP contribution in [0.4, 0.5) is 0 Å². The molecule has 15 heavy (non-hydrogen) atoms. The number of carbonyl (C=O) groups is 1. The maximum atomic E-state index is 11.2. The molecule has 2 N–H and O–H groups in total. The van der Waals surface area contributed by atoms with Gasteiger partial charge in [-0.05, 0) is 5.75 Å². The van der Waals surface area contributed by atoms with Crippen molar-refractivity contribution in [3.8, 4) is 0 Å². The Labute approximate surface area is 96.5 Å². The summed E-state index contributed by atoms with van der Waals surface area (Å²) in [5.41, 5.74) is 0. The van der Waals surface area contributed by atoms with Crippen molar-refractivity contribution >= 4 is 17.7 Å². The highest BCUT2D eigenvalue weighted by Crippen LogP contribution is 1.94. The first-order valence-corrected chi connectivity index (χ1v) is 6.50. The predicted molar refractivity (Wildman–Crippen MR) is 65.4 cm³/mol. The van der Waals surface area contributed by atoms with E-state index < -0.39 is 0 Å². The largest absolute Gasteiger partial charge is 0.383 e. The van der Waals surface area contributed by atoms with Gasteiger partial charge in [0.2, 0.25) is 5.91 Å². The van der Waals surface area contributed by atoms with E-state index in [0.29, 0.717) is 19.6 Å². The van der Waals surface area contributed by atoms with Crippen LogP contribution >= 0.6 is 11.8 Å². The molecule has 0 aromatic heterocycles. The highest BCUT2D eigenvalue weighted by Gasteiger charge is 1.98. The van der Waals surface area contributed by atoms with Crippen molar-refractivity contribution in [1.29, 1.82) is 0 Å². The molecular weight excluding hydrogens is 212 g/mol. The molecule has 1 amide bonds. The summed E-state index contributed by atoms with van der Waals surface area (Å²) in [5.74, 6) is 2.35. The van der Waals surface area contributed by atoms with Crippen LogP contribution in [0.3, 0.4) is 0 Å². The lowest BCUT2D eigenvalue weighted by molar-refractivity contribution is -0.121. The molecule has 0 aromatic carbocycles. The van der Waals surface area contributed by atoms with Crippen LogP contribution in [0.2, 0.25) is 0 Å². The molecule has 0 aliphatic rings. The molecule has 4 nitrogen and oxygen atoms in total. The van der Waals surface area contributed by atoms with Gasteiger partial charge in [0.15, 0.2) is 0 Å². The van der Waals surface area contributed by atoms with Crippen LogP contribution in [0.5, 0.6) is 0 Å². The van der Waals surface area contributed by atoms with Crippen molar-refractivity contribution in [3.63, 3.8) is 0 Å². The average Bonchev–Trinajstić information content (AvgIpc) is 2.23. The van der Waals surface area contributed by atoms with Gasteiger partial charge in [-0.2, -0.15) is 11.8 Å². The second kappa shape index (κ2) is 11.8. The molecule has 0 atom stereocenters. The molecule has 0 spiro atoms. The van der Waals surface area contributed by atoms with E-state index in [1.165, 1.54) is 0 Å². The first kappa shape index (κ1) is 14.7. The van der Waals surface area contributed by atoms with Gasteiger partial charge in [0.25, 0.3) is 0 Å². The van der Waals surface area contributed by atoms with Crippen LogP contribution in [0.25, 0.3) is 0 Å². The Kier molecular flexibility index (Phi) is 11.6. The Balaban J connectivity index is 3.10. The first-order valence-electron chi connectivity index (χ1n) is 5.35. The van der Waals surface area contributed by atoms with Gasteiger partial charge in [-0.15, -0.1) is 0 Å². The molecule has 0 bridgehead atoms. The molecule has 0 heterocycles. The lowest BCUT2D eigenvalue weighted by atomic mass is 10.4. The topological polar surface area (TPSA) is 50.4 Å². The number of methoxy groups -OCH3 is 1. The molecule has 0 fully saturated rings. The van der Waals surface area contributed by atoms with E-state index in [4.69, 9.17) is 4.74 Å². The summed E-state index contributed by atoms with van der Waals surface area (Å²) >= 11 is 1.90. The second-order valence-electron chi connectivity index (χ2n) is 3.04. The van der Waals surface area contributed by atoms with Gasteiger partial charge >= 0.3 is 0 Å². The quantitative estimate of drug-likeness (QED) is 0.540. The number of amides is 1. The van der Waals surface area contributed by atoms with Gasteiger partial charge in [0.05, 0.1) is 6.61 Å². The Morgan fingerprint density at radius 1 is 1.33 bits per heavy atom. The highest BCUT2D eigenvalue weighted by molar-refractivity contribution is 7.99. The van der Waals surface area contributed by atoms with E-state index in [9.17, 15) is 4.79 Å². The fraction of sp³-hybridized carbons (Fsp3) is 0.900. The third-order valence-corrected chi connectivity index (χ3v) is 2.69. The number of thioether (sulfide) groups is 1. The Morgan fingerprint density at radius 2 is 2.13 bits per heavy atom. The minimum atomic E-state index is 0.0858. The SMILES string of the molecule is CCSCCNCCC(=O)NCCOC. The summed E-state index contributed by atoms with van der Waals surface area (Å²) in [6.45, 7) is 5.05. The van der Waals surface area contributed by atoms with Crippen molar-refractivity contribution in [2.24, 2.45) is 0 Å². The lowest BCUT2D eigenvalue weighted by Crippen LogP contribution is -2.30. The third-order valence-electron chi connectivity index (χ3n) is 1.78. The number of rotatable bonds is 10. The monoisotopic (exact) mass is 234 g/mol. The molecular formula is C10H22N2O2S. The summed E-state index contributed by atoms with van der Waals surface area (Å²) in [7, 11) is 1.62. The van der Waals surface area contributed by atoms with E-state index in [1.54, 1.807) is 7.11 Å². The fourth-order valence-electron chi connectivity index (χ4n) is 0.996. The maximum absolute atomic E-state index is 11.2. The van der Waals surface area contributed by atoms with E-state index in [2.05, 4.69) is 17.6 Å². The van der Waals surface area contributed by atoms with E-state index in [0.717, 1.165) is 24.6 Å². The van der Waals surface area contributed by atoms with Gasteiger partial charge < -0.3 is 15.4 Å². The molecule has 0 aliphatic heterocycles. The minimum absolute atomic E-state index is 0.0858. The van der Waals surface area contributed by atoms with Crippen molar-refractivity contribution in [2.75, 3.05) is 44.9 Å². The van der Waals surface area contributed by atoms with E-state index in [-0.39, 0.29) is 5.91 Å². The van der Waals surface area contributed by atoms with Gasteiger partial charge in [-0.25, -0.2) is 0 Å². The molecule has 0 aliphatic carbocycles. The summed E-state index contributed by atoms with van der Waals surface area (Å²) in [6.07, 6.45) is 0.542. The van der Waals surface area contributed by atoms with Gasteiger partial charge in [-0.3, -0.25) is 4.79 Å². The van der Waals surface area contributed by atoms with Crippen LogP contribution in [-0.4, -0.2) is 50.8 Å². The van der Waals surface area contributed by atoms with Gasteiger partial charge in [-0.1, -0.05) is 6.92 Å². The molecule has 0 unspecified atom stereocenters. The molecule has 0 aromatic rings. The van der Waals surface area contributed by atoms with Crippen LogP contribution < -0.4 is 10.6 Å². The zero-order chi connectivity index (χ0) is 11.4. The second-order valence-corrected chi connectivity index (χ2v) is 4.43. The number of nitrogens with one attached hydrogen (secondary N) is 2. The van der Waals surface area contributed by atoms with Crippen molar-refractivity contribution < 1.29 is 9.53 Å². The summed E-state index contributed by atoms with van der Waals surface area (Å²) in [4.78, 5) is 11.2. The highest BCUT2D eigenvalue weighted by atomic mass is 32.2. The number of carbonyl (C=O) groups excluding carboxylic acids is 1. The molecule has 5 heteroatoms.